The first kappa shape index (κ1) is 15.1. The molecule has 0 aliphatic rings. The Hall–Kier alpha value is -1.00. The molecular formula is C14H21FN2S. The average molecular weight is 268 g/mol. The third kappa shape index (κ3) is 4.35. The van der Waals surface area contributed by atoms with Crippen LogP contribution in [0.5, 0.6) is 0 Å². The van der Waals surface area contributed by atoms with E-state index in [1.807, 2.05) is 0 Å². The third-order valence-corrected chi connectivity index (χ3v) is 3.02. The highest BCUT2D eigenvalue weighted by Crippen LogP contribution is 2.15. The van der Waals surface area contributed by atoms with Crippen molar-refractivity contribution < 1.29 is 4.39 Å². The molecule has 0 bridgehead atoms. The Labute approximate surface area is 114 Å². The number of rotatable bonds is 6. The van der Waals surface area contributed by atoms with E-state index in [4.69, 9.17) is 18.0 Å². The molecule has 0 saturated heterocycles. The fourth-order valence-corrected chi connectivity index (χ4v) is 2.17. The Kier molecular flexibility index (Phi) is 5.69. The molecule has 0 radical (unpaired) electrons. The zero-order valence-electron chi connectivity index (χ0n) is 11.2. The minimum absolute atomic E-state index is 0.255. The second-order valence-corrected chi connectivity index (χ2v) is 5.33. The smallest absolute Gasteiger partial charge is 0.123 e. The molecule has 0 spiro atoms. The maximum absolute atomic E-state index is 13.2. The SMILES string of the molecule is CCN(Cc1ccc(F)cc1C(N)=S)CC(C)C. The summed E-state index contributed by atoms with van der Waals surface area (Å²) in [6.45, 7) is 9.19. The van der Waals surface area contributed by atoms with Crippen LogP contribution in [0.15, 0.2) is 18.2 Å². The van der Waals surface area contributed by atoms with Crippen molar-refractivity contribution in [1.82, 2.24) is 4.90 Å². The number of benzene rings is 1. The normalized spacial score (nSPS) is 11.2. The molecule has 100 valence electrons. The van der Waals surface area contributed by atoms with Crippen molar-refractivity contribution in [2.75, 3.05) is 13.1 Å². The molecule has 1 aromatic carbocycles. The van der Waals surface area contributed by atoms with Crippen molar-refractivity contribution in [3.8, 4) is 0 Å². The average Bonchev–Trinajstić information content (AvgIpc) is 2.29. The van der Waals surface area contributed by atoms with Gasteiger partial charge in [-0.2, -0.15) is 0 Å². The molecule has 0 saturated carbocycles. The van der Waals surface area contributed by atoms with Gasteiger partial charge in [-0.15, -0.1) is 0 Å². The number of halogens is 1. The van der Waals surface area contributed by atoms with Crippen molar-refractivity contribution in [2.45, 2.75) is 27.3 Å². The van der Waals surface area contributed by atoms with Crippen LogP contribution >= 0.6 is 12.2 Å². The summed E-state index contributed by atoms with van der Waals surface area (Å²) in [4.78, 5) is 2.56. The highest BCUT2D eigenvalue weighted by atomic mass is 32.1. The lowest BCUT2D eigenvalue weighted by Crippen LogP contribution is -2.28. The minimum atomic E-state index is -0.298. The molecule has 2 N–H and O–H groups in total. The van der Waals surface area contributed by atoms with Gasteiger partial charge in [0.2, 0.25) is 0 Å². The maximum Gasteiger partial charge on any atom is 0.123 e. The largest absolute Gasteiger partial charge is 0.389 e. The van der Waals surface area contributed by atoms with Gasteiger partial charge in [-0.1, -0.05) is 39.1 Å². The first-order valence-electron chi connectivity index (χ1n) is 6.24. The summed E-state index contributed by atoms with van der Waals surface area (Å²) >= 11 is 4.98. The molecule has 18 heavy (non-hydrogen) atoms. The second kappa shape index (κ2) is 6.81. The van der Waals surface area contributed by atoms with Gasteiger partial charge in [-0.3, -0.25) is 4.90 Å². The molecule has 0 aliphatic heterocycles. The van der Waals surface area contributed by atoms with E-state index in [9.17, 15) is 4.39 Å². The van der Waals surface area contributed by atoms with E-state index in [1.54, 1.807) is 6.07 Å². The maximum atomic E-state index is 13.2. The Balaban J connectivity index is 2.91. The lowest BCUT2D eigenvalue weighted by atomic mass is 10.1. The summed E-state index contributed by atoms with van der Waals surface area (Å²) in [7, 11) is 0. The van der Waals surface area contributed by atoms with E-state index in [0.717, 1.165) is 25.2 Å². The highest BCUT2D eigenvalue weighted by Gasteiger charge is 2.11. The van der Waals surface area contributed by atoms with Gasteiger partial charge in [-0.05, 0) is 30.2 Å². The molecule has 0 atom stereocenters. The molecule has 1 rings (SSSR count). The van der Waals surface area contributed by atoms with E-state index in [2.05, 4.69) is 25.7 Å². The predicted molar refractivity (Wildman–Crippen MR) is 78.1 cm³/mol. The first-order valence-corrected chi connectivity index (χ1v) is 6.65. The Morgan fingerprint density at radius 3 is 2.61 bits per heavy atom. The van der Waals surface area contributed by atoms with Crippen molar-refractivity contribution in [2.24, 2.45) is 11.7 Å². The molecule has 0 unspecified atom stereocenters. The van der Waals surface area contributed by atoms with Gasteiger partial charge in [0.25, 0.3) is 0 Å². The van der Waals surface area contributed by atoms with Crippen LogP contribution in [-0.4, -0.2) is 23.0 Å². The molecular weight excluding hydrogens is 247 g/mol. The lowest BCUT2D eigenvalue weighted by Gasteiger charge is -2.23. The van der Waals surface area contributed by atoms with Crippen molar-refractivity contribution >= 4 is 17.2 Å². The summed E-state index contributed by atoms with van der Waals surface area (Å²) in [5, 5.41) is 0. The molecule has 0 aromatic heterocycles. The predicted octanol–water partition coefficient (Wildman–Crippen LogP) is 2.94. The fraction of sp³-hybridized carbons (Fsp3) is 0.500. The van der Waals surface area contributed by atoms with E-state index in [-0.39, 0.29) is 10.8 Å². The van der Waals surface area contributed by atoms with Crippen LogP contribution in [0.1, 0.15) is 31.9 Å². The number of nitrogens with zero attached hydrogens (tertiary/aromatic N) is 1. The van der Waals surface area contributed by atoms with Gasteiger partial charge in [0.1, 0.15) is 10.8 Å². The summed E-state index contributed by atoms with van der Waals surface area (Å²) in [5.41, 5.74) is 7.29. The van der Waals surface area contributed by atoms with Crippen LogP contribution in [-0.2, 0) is 6.54 Å². The Morgan fingerprint density at radius 1 is 1.44 bits per heavy atom. The third-order valence-electron chi connectivity index (χ3n) is 2.80. The second-order valence-electron chi connectivity index (χ2n) is 4.89. The monoisotopic (exact) mass is 268 g/mol. The molecule has 0 amide bonds. The molecule has 4 heteroatoms. The van der Waals surface area contributed by atoms with Crippen LogP contribution in [0.3, 0.4) is 0 Å². The van der Waals surface area contributed by atoms with Crippen molar-refractivity contribution in [1.29, 1.82) is 0 Å². The van der Waals surface area contributed by atoms with E-state index in [1.165, 1.54) is 12.1 Å². The number of hydrogen-bond acceptors (Lipinski definition) is 2. The zero-order chi connectivity index (χ0) is 13.7. The highest BCUT2D eigenvalue weighted by molar-refractivity contribution is 7.80. The minimum Gasteiger partial charge on any atom is -0.389 e. The first-order chi connectivity index (χ1) is 8.43. The van der Waals surface area contributed by atoms with Gasteiger partial charge >= 0.3 is 0 Å². The summed E-state index contributed by atoms with van der Waals surface area (Å²) in [5.74, 6) is 0.298. The standard InChI is InChI=1S/C14H21FN2S/c1-4-17(8-10(2)3)9-11-5-6-12(15)7-13(11)14(16)18/h5-7,10H,4,8-9H2,1-3H3,(H2,16,18). The van der Waals surface area contributed by atoms with Gasteiger partial charge < -0.3 is 5.73 Å². The van der Waals surface area contributed by atoms with Gasteiger partial charge in [0.15, 0.2) is 0 Å². The number of thiocarbonyl (C=S) groups is 1. The van der Waals surface area contributed by atoms with Gasteiger partial charge in [-0.25, -0.2) is 4.39 Å². The number of hydrogen-bond donors (Lipinski definition) is 1. The van der Waals surface area contributed by atoms with Crippen LogP contribution in [0.4, 0.5) is 4.39 Å². The molecule has 0 fully saturated rings. The van der Waals surface area contributed by atoms with Crippen LogP contribution in [0.2, 0.25) is 0 Å². The van der Waals surface area contributed by atoms with Crippen LogP contribution < -0.4 is 5.73 Å². The summed E-state index contributed by atoms with van der Waals surface area (Å²) in [6.07, 6.45) is 0. The molecule has 0 heterocycles. The van der Waals surface area contributed by atoms with Crippen LogP contribution in [0, 0.1) is 11.7 Å². The molecule has 0 aliphatic carbocycles. The van der Waals surface area contributed by atoms with Crippen LogP contribution in [0.25, 0.3) is 0 Å². The van der Waals surface area contributed by atoms with Crippen molar-refractivity contribution in [3.63, 3.8) is 0 Å². The topological polar surface area (TPSA) is 29.3 Å². The number of nitrogens with two attached hydrogens (primary N) is 1. The van der Waals surface area contributed by atoms with E-state index >= 15 is 0 Å². The van der Waals surface area contributed by atoms with Gasteiger partial charge in [0, 0.05) is 18.7 Å². The summed E-state index contributed by atoms with van der Waals surface area (Å²) in [6, 6.07) is 4.65. The van der Waals surface area contributed by atoms with Crippen molar-refractivity contribution in [3.05, 3.63) is 35.1 Å². The fourth-order valence-electron chi connectivity index (χ4n) is 1.98. The quantitative estimate of drug-likeness (QED) is 0.804. The summed E-state index contributed by atoms with van der Waals surface area (Å²) < 4.78 is 13.2. The molecule has 2 nitrogen and oxygen atoms in total. The molecule has 1 aromatic rings. The van der Waals surface area contributed by atoms with Gasteiger partial charge in [0.05, 0.1) is 0 Å². The lowest BCUT2D eigenvalue weighted by molar-refractivity contribution is 0.248. The Bertz CT molecular complexity index is 418. The Morgan fingerprint density at radius 2 is 2.11 bits per heavy atom. The van der Waals surface area contributed by atoms with E-state index < -0.39 is 0 Å². The zero-order valence-corrected chi connectivity index (χ0v) is 12.1. The van der Waals surface area contributed by atoms with E-state index in [0.29, 0.717) is 11.5 Å².